The zero-order valence-electron chi connectivity index (χ0n) is 12.2. The van der Waals surface area contributed by atoms with Crippen molar-refractivity contribution in [2.45, 2.75) is 30.7 Å². The minimum atomic E-state index is -3.88. The number of aliphatic carboxylic acids is 1. The molecule has 0 radical (unpaired) electrons. The molecule has 1 fully saturated rings. The van der Waals surface area contributed by atoms with Crippen molar-refractivity contribution in [2.75, 3.05) is 6.54 Å². The van der Waals surface area contributed by atoms with Gasteiger partial charge in [0.15, 0.2) is 5.65 Å². The number of pyridine rings is 1. The molecule has 0 unspecified atom stereocenters. The first-order chi connectivity index (χ1) is 10.3. The molecule has 22 heavy (non-hydrogen) atoms. The summed E-state index contributed by atoms with van der Waals surface area (Å²) in [6, 6.07) is 0.507. The fraction of sp³-hybridized carbons (Fsp3) is 0.462. The minimum Gasteiger partial charge on any atom is -0.480 e. The highest BCUT2D eigenvalue weighted by atomic mass is 32.2. The van der Waals surface area contributed by atoms with Gasteiger partial charge < -0.3 is 5.11 Å². The van der Waals surface area contributed by atoms with Crippen molar-refractivity contribution in [3.05, 3.63) is 18.0 Å². The highest BCUT2D eigenvalue weighted by Gasteiger charge is 2.39. The van der Waals surface area contributed by atoms with Crippen molar-refractivity contribution < 1.29 is 18.3 Å². The second-order valence-electron chi connectivity index (χ2n) is 5.36. The third-order valence-electron chi connectivity index (χ3n) is 3.93. The Morgan fingerprint density at radius 1 is 1.45 bits per heavy atom. The molecule has 3 heterocycles. The van der Waals surface area contributed by atoms with Gasteiger partial charge in [-0.3, -0.25) is 9.48 Å². The van der Waals surface area contributed by atoms with Gasteiger partial charge in [-0.15, -0.1) is 0 Å². The van der Waals surface area contributed by atoms with Crippen LogP contribution in [0.25, 0.3) is 11.0 Å². The number of aryl methyl sites for hydroxylation is 2. The molecule has 2 aromatic heterocycles. The zero-order chi connectivity index (χ0) is 16.1. The molecule has 1 aliphatic rings. The van der Waals surface area contributed by atoms with E-state index < -0.39 is 22.0 Å². The Morgan fingerprint density at radius 3 is 2.86 bits per heavy atom. The Morgan fingerprint density at radius 2 is 2.18 bits per heavy atom. The maximum Gasteiger partial charge on any atom is 0.322 e. The van der Waals surface area contributed by atoms with E-state index in [0.717, 1.165) is 4.31 Å². The first-order valence-electron chi connectivity index (χ1n) is 6.86. The number of sulfonamides is 1. The van der Waals surface area contributed by atoms with E-state index in [2.05, 4.69) is 10.1 Å². The molecule has 118 valence electrons. The smallest absolute Gasteiger partial charge is 0.322 e. The maximum absolute atomic E-state index is 12.7. The van der Waals surface area contributed by atoms with Crippen LogP contribution in [0.2, 0.25) is 0 Å². The van der Waals surface area contributed by atoms with Gasteiger partial charge in [-0.25, -0.2) is 13.4 Å². The van der Waals surface area contributed by atoms with E-state index in [-0.39, 0.29) is 11.4 Å². The van der Waals surface area contributed by atoms with Gasteiger partial charge in [0, 0.05) is 25.2 Å². The van der Waals surface area contributed by atoms with E-state index in [1.807, 2.05) is 0 Å². The van der Waals surface area contributed by atoms with E-state index in [0.29, 0.717) is 29.6 Å². The van der Waals surface area contributed by atoms with Crippen molar-refractivity contribution in [1.82, 2.24) is 19.1 Å². The second kappa shape index (κ2) is 5.03. The highest BCUT2D eigenvalue weighted by molar-refractivity contribution is 7.89. The van der Waals surface area contributed by atoms with Crippen LogP contribution in [0.1, 0.15) is 18.5 Å². The fourth-order valence-corrected chi connectivity index (χ4v) is 4.46. The van der Waals surface area contributed by atoms with Crippen LogP contribution >= 0.6 is 0 Å². The summed E-state index contributed by atoms with van der Waals surface area (Å²) in [6.07, 6.45) is 2.13. The zero-order valence-corrected chi connectivity index (χ0v) is 13.0. The van der Waals surface area contributed by atoms with Crippen LogP contribution in [0.4, 0.5) is 0 Å². The lowest BCUT2D eigenvalue weighted by molar-refractivity contribution is -0.140. The van der Waals surface area contributed by atoms with Crippen LogP contribution in [0.5, 0.6) is 0 Å². The number of rotatable bonds is 3. The molecular weight excluding hydrogens is 308 g/mol. The van der Waals surface area contributed by atoms with Gasteiger partial charge in [-0.1, -0.05) is 0 Å². The number of fused-ring (bicyclic) bond motifs is 1. The van der Waals surface area contributed by atoms with Crippen LogP contribution in [-0.4, -0.2) is 51.1 Å². The Labute approximate surface area is 127 Å². The molecule has 1 aliphatic heterocycles. The average Bonchev–Trinajstić information content (AvgIpc) is 3.05. The number of carboxylic acid groups (broad SMARTS) is 1. The summed E-state index contributed by atoms with van der Waals surface area (Å²) >= 11 is 0. The lowest BCUT2D eigenvalue weighted by Crippen LogP contribution is -2.40. The normalized spacial score (nSPS) is 19.8. The summed E-state index contributed by atoms with van der Waals surface area (Å²) in [5, 5.41) is 14.0. The van der Waals surface area contributed by atoms with E-state index >= 15 is 0 Å². The lowest BCUT2D eigenvalue weighted by Gasteiger charge is -2.20. The maximum atomic E-state index is 12.7. The van der Waals surface area contributed by atoms with Gasteiger partial charge >= 0.3 is 5.97 Å². The van der Waals surface area contributed by atoms with E-state index in [9.17, 15) is 18.3 Å². The summed E-state index contributed by atoms with van der Waals surface area (Å²) in [5.74, 6) is -1.12. The first-order valence-corrected chi connectivity index (χ1v) is 8.30. The average molecular weight is 324 g/mol. The number of hydrogen-bond acceptors (Lipinski definition) is 5. The molecule has 0 saturated carbocycles. The molecule has 1 saturated heterocycles. The molecule has 3 rings (SSSR count). The molecule has 0 aromatic carbocycles. The molecule has 0 amide bonds. The van der Waals surface area contributed by atoms with Crippen molar-refractivity contribution in [2.24, 2.45) is 7.05 Å². The van der Waals surface area contributed by atoms with Gasteiger partial charge in [0.2, 0.25) is 10.0 Å². The summed E-state index contributed by atoms with van der Waals surface area (Å²) < 4.78 is 28.0. The Hall–Kier alpha value is -2.00. The number of hydrogen-bond donors (Lipinski definition) is 1. The van der Waals surface area contributed by atoms with Crippen LogP contribution < -0.4 is 0 Å². The van der Waals surface area contributed by atoms with Gasteiger partial charge in [0.1, 0.15) is 10.9 Å². The molecule has 9 heteroatoms. The van der Waals surface area contributed by atoms with Crippen molar-refractivity contribution in [3.63, 3.8) is 0 Å². The molecule has 0 bridgehead atoms. The SMILES string of the molecule is Cc1nn(C)c2ncc(S(=O)(=O)N3CCC[C@H]3C(=O)O)cc12. The molecular formula is C13H16N4O4S. The summed E-state index contributed by atoms with van der Waals surface area (Å²) in [6.45, 7) is 1.99. The first kappa shape index (κ1) is 14.9. The molecule has 8 nitrogen and oxygen atoms in total. The van der Waals surface area contributed by atoms with Gasteiger partial charge in [-0.2, -0.15) is 9.40 Å². The number of nitrogens with zero attached hydrogens (tertiary/aromatic N) is 4. The molecule has 2 aromatic rings. The molecule has 1 N–H and O–H groups in total. The van der Waals surface area contributed by atoms with E-state index in [1.165, 1.54) is 12.3 Å². The van der Waals surface area contributed by atoms with Crippen LogP contribution in [0.15, 0.2) is 17.2 Å². The van der Waals surface area contributed by atoms with Crippen LogP contribution in [0, 0.1) is 6.92 Å². The van der Waals surface area contributed by atoms with Crippen LogP contribution in [-0.2, 0) is 21.9 Å². The van der Waals surface area contributed by atoms with Gasteiger partial charge in [0.25, 0.3) is 0 Å². The molecule has 0 spiro atoms. The van der Waals surface area contributed by atoms with Crippen molar-refractivity contribution in [1.29, 1.82) is 0 Å². The quantitative estimate of drug-likeness (QED) is 0.882. The Kier molecular flexibility index (Phi) is 3.41. The molecule has 0 aliphatic carbocycles. The van der Waals surface area contributed by atoms with Crippen LogP contribution in [0.3, 0.4) is 0 Å². The second-order valence-corrected chi connectivity index (χ2v) is 7.25. The third-order valence-corrected chi connectivity index (χ3v) is 5.81. The minimum absolute atomic E-state index is 0.00394. The number of carboxylic acids is 1. The topological polar surface area (TPSA) is 105 Å². The predicted octanol–water partition coefficient (Wildman–Crippen LogP) is 0.514. The largest absolute Gasteiger partial charge is 0.480 e. The Balaban J connectivity index is 2.09. The number of carbonyl (C=O) groups is 1. The fourth-order valence-electron chi connectivity index (χ4n) is 2.84. The van der Waals surface area contributed by atoms with Crippen molar-refractivity contribution in [3.8, 4) is 0 Å². The summed E-state index contributed by atoms with van der Waals surface area (Å²) in [7, 11) is -2.15. The van der Waals surface area contributed by atoms with E-state index in [4.69, 9.17) is 0 Å². The van der Waals surface area contributed by atoms with Crippen molar-refractivity contribution >= 4 is 27.0 Å². The lowest BCUT2D eigenvalue weighted by atomic mass is 10.2. The monoisotopic (exact) mass is 324 g/mol. The third kappa shape index (κ3) is 2.17. The van der Waals surface area contributed by atoms with Gasteiger partial charge in [0.05, 0.1) is 5.69 Å². The Bertz CT molecular complexity index is 858. The summed E-state index contributed by atoms with van der Waals surface area (Å²) in [4.78, 5) is 15.4. The summed E-state index contributed by atoms with van der Waals surface area (Å²) in [5.41, 5.74) is 1.27. The van der Waals surface area contributed by atoms with Gasteiger partial charge in [-0.05, 0) is 25.8 Å². The predicted molar refractivity (Wildman–Crippen MR) is 77.8 cm³/mol. The standard InChI is InChI=1S/C13H16N4O4S/c1-8-10-6-9(7-14-12(10)16(2)15-8)22(20,21)17-5-3-4-11(17)13(18)19/h6-7,11H,3-5H2,1-2H3,(H,18,19)/t11-/m0/s1. The number of aromatic nitrogens is 3. The van der Waals surface area contributed by atoms with E-state index in [1.54, 1.807) is 18.7 Å². The highest BCUT2D eigenvalue weighted by Crippen LogP contribution is 2.28. The molecule has 1 atom stereocenters.